The number of carbonyl (C=O) groups is 3. The summed E-state index contributed by atoms with van der Waals surface area (Å²) in [5.74, 6) is -1.06. The number of piperidine rings is 1. The van der Waals surface area contributed by atoms with Crippen molar-refractivity contribution in [3.8, 4) is 0 Å². The fraction of sp³-hybridized carbons (Fsp3) is 0.864. The second-order valence-corrected chi connectivity index (χ2v) is 9.73. The molecule has 172 valence electrons. The van der Waals surface area contributed by atoms with Gasteiger partial charge in [0, 0.05) is 18.5 Å². The molecule has 2 aliphatic rings. The second-order valence-electron chi connectivity index (χ2n) is 9.73. The zero-order chi connectivity index (χ0) is 22.7. The van der Waals surface area contributed by atoms with Crippen LogP contribution in [0.15, 0.2) is 0 Å². The molecule has 2 fully saturated rings. The van der Waals surface area contributed by atoms with Gasteiger partial charge in [-0.05, 0) is 58.5 Å². The number of hydrogen-bond donors (Lipinski definition) is 3. The van der Waals surface area contributed by atoms with Crippen molar-refractivity contribution in [3.63, 3.8) is 0 Å². The van der Waals surface area contributed by atoms with Crippen molar-refractivity contribution >= 4 is 17.6 Å². The molecule has 2 rings (SSSR count). The molecule has 0 aromatic rings. The fourth-order valence-corrected chi connectivity index (χ4v) is 5.04. The summed E-state index contributed by atoms with van der Waals surface area (Å²) in [6.07, 6.45) is 1.79. The Balaban J connectivity index is 2.04. The first-order valence-electron chi connectivity index (χ1n) is 11.1. The zero-order valence-corrected chi connectivity index (χ0v) is 19.2. The molecular formula is C22H39N3O5. The van der Waals surface area contributed by atoms with Crippen LogP contribution in [0.3, 0.4) is 0 Å². The lowest BCUT2D eigenvalue weighted by atomic mass is 9.91. The van der Waals surface area contributed by atoms with Gasteiger partial charge < -0.3 is 20.4 Å². The highest BCUT2D eigenvalue weighted by molar-refractivity contribution is 5.90. The molecular weight excluding hydrogens is 386 g/mol. The third-order valence-corrected chi connectivity index (χ3v) is 6.63. The molecule has 2 heterocycles. The first kappa shape index (κ1) is 24.8. The van der Waals surface area contributed by atoms with E-state index in [0.29, 0.717) is 12.8 Å². The van der Waals surface area contributed by atoms with E-state index in [1.165, 1.54) is 6.92 Å². The van der Waals surface area contributed by atoms with Crippen LogP contribution in [0.2, 0.25) is 0 Å². The Morgan fingerprint density at radius 3 is 2.07 bits per heavy atom. The van der Waals surface area contributed by atoms with Gasteiger partial charge in [-0.25, -0.2) is 0 Å². The van der Waals surface area contributed by atoms with Gasteiger partial charge in [-0.15, -0.1) is 0 Å². The van der Waals surface area contributed by atoms with Crippen molar-refractivity contribution in [2.75, 3.05) is 14.1 Å². The Morgan fingerprint density at radius 1 is 1.10 bits per heavy atom. The molecule has 3 N–H and O–H groups in total. The molecule has 0 radical (unpaired) electrons. The normalized spacial score (nSPS) is 27.7. The molecule has 2 unspecified atom stereocenters. The summed E-state index contributed by atoms with van der Waals surface area (Å²) in [7, 11) is 3.40. The van der Waals surface area contributed by atoms with E-state index in [1.807, 2.05) is 18.7 Å². The van der Waals surface area contributed by atoms with Crippen LogP contribution >= 0.6 is 0 Å². The number of Topliss-reactive ketones (excluding diaryl/α,β-unsaturated/α-hetero) is 1. The highest BCUT2D eigenvalue weighted by Gasteiger charge is 2.44. The maximum atomic E-state index is 13.0. The summed E-state index contributed by atoms with van der Waals surface area (Å²) in [6, 6.07) is -1.33. The van der Waals surface area contributed by atoms with E-state index in [2.05, 4.69) is 5.32 Å². The van der Waals surface area contributed by atoms with E-state index in [0.717, 1.165) is 12.8 Å². The molecule has 2 amide bonds. The van der Waals surface area contributed by atoms with E-state index in [9.17, 15) is 24.6 Å². The van der Waals surface area contributed by atoms with Crippen molar-refractivity contribution in [2.24, 2.45) is 11.8 Å². The van der Waals surface area contributed by atoms with Crippen LogP contribution in [0.25, 0.3) is 0 Å². The molecule has 6 atom stereocenters. The number of nitrogens with zero attached hydrogens (tertiary/aromatic N) is 2. The first-order chi connectivity index (χ1) is 13.9. The summed E-state index contributed by atoms with van der Waals surface area (Å²) in [4.78, 5) is 41.3. The summed E-state index contributed by atoms with van der Waals surface area (Å²) >= 11 is 0. The average molecular weight is 426 g/mol. The van der Waals surface area contributed by atoms with Crippen LogP contribution in [0.1, 0.15) is 59.8 Å². The van der Waals surface area contributed by atoms with Gasteiger partial charge in [0.25, 0.3) is 0 Å². The Labute approximate surface area is 180 Å². The van der Waals surface area contributed by atoms with Gasteiger partial charge in [0.15, 0.2) is 5.78 Å². The fourth-order valence-electron chi connectivity index (χ4n) is 5.04. The number of ketones is 1. The predicted octanol–water partition coefficient (Wildman–Crippen LogP) is 0.548. The van der Waals surface area contributed by atoms with Crippen molar-refractivity contribution in [1.82, 2.24) is 15.1 Å². The molecule has 0 aromatic heterocycles. The van der Waals surface area contributed by atoms with Crippen molar-refractivity contribution < 1.29 is 24.6 Å². The SMILES string of the molecule is CC(=O)[C@H](NC(=O)[C@@H]([C@H](O)[C@H](C)CC(=O)N1C2CCC1CC(O)C2)N(C)C)C(C)C. The highest BCUT2D eigenvalue weighted by atomic mass is 16.3. The monoisotopic (exact) mass is 425 g/mol. The maximum Gasteiger partial charge on any atom is 0.240 e. The lowest BCUT2D eigenvalue weighted by molar-refractivity contribution is -0.142. The quantitative estimate of drug-likeness (QED) is 0.498. The van der Waals surface area contributed by atoms with Gasteiger partial charge in [-0.1, -0.05) is 20.8 Å². The zero-order valence-electron chi connectivity index (χ0n) is 19.2. The van der Waals surface area contributed by atoms with Crippen LogP contribution in [0, 0.1) is 11.8 Å². The number of aliphatic hydroxyl groups is 2. The molecule has 8 heteroatoms. The molecule has 2 saturated heterocycles. The predicted molar refractivity (Wildman–Crippen MR) is 114 cm³/mol. The number of aliphatic hydroxyl groups excluding tert-OH is 2. The van der Waals surface area contributed by atoms with E-state index >= 15 is 0 Å². The minimum Gasteiger partial charge on any atom is -0.393 e. The van der Waals surface area contributed by atoms with E-state index in [1.54, 1.807) is 25.9 Å². The lowest BCUT2D eigenvalue weighted by Crippen LogP contribution is -2.57. The maximum absolute atomic E-state index is 13.0. The van der Waals surface area contributed by atoms with Crippen molar-refractivity contribution in [3.05, 3.63) is 0 Å². The minimum absolute atomic E-state index is 0.0253. The van der Waals surface area contributed by atoms with Crippen LogP contribution in [0.5, 0.6) is 0 Å². The summed E-state index contributed by atoms with van der Waals surface area (Å²) in [5.41, 5.74) is 0. The number of likely N-dealkylation sites (N-methyl/N-ethyl adjacent to an activating group) is 1. The minimum atomic E-state index is -1.06. The number of fused-ring (bicyclic) bond motifs is 2. The van der Waals surface area contributed by atoms with E-state index in [4.69, 9.17) is 0 Å². The number of nitrogens with one attached hydrogen (secondary N) is 1. The molecule has 0 spiro atoms. The highest BCUT2D eigenvalue weighted by Crippen LogP contribution is 2.36. The van der Waals surface area contributed by atoms with Crippen LogP contribution < -0.4 is 5.32 Å². The molecule has 0 aromatic carbocycles. The van der Waals surface area contributed by atoms with Gasteiger partial charge in [0.2, 0.25) is 11.8 Å². The third-order valence-electron chi connectivity index (χ3n) is 6.63. The standard InChI is InChI=1S/C22H39N3O5/c1-12(2)19(14(4)26)23-22(30)20(24(5)6)21(29)13(3)9-18(28)25-15-7-8-16(25)11-17(27)10-15/h12-13,15-17,19-21,27,29H,7-11H2,1-6H3,(H,23,30)/t13-,15?,16?,17?,19-,20-,21-/m1/s1. The summed E-state index contributed by atoms with van der Waals surface area (Å²) in [6.45, 7) is 6.94. The van der Waals surface area contributed by atoms with Crippen LogP contribution in [0.4, 0.5) is 0 Å². The molecule has 2 bridgehead atoms. The molecule has 30 heavy (non-hydrogen) atoms. The van der Waals surface area contributed by atoms with Crippen LogP contribution in [-0.2, 0) is 14.4 Å². The van der Waals surface area contributed by atoms with Gasteiger partial charge in [0.1, 0.15) is 6.04 Å². The summed E-state index contributed by atoms with van der Waals surface area (Å²) < 4.78 is 0. The lowest BCUT2D eigenvalue weighted by Gasteiger charge is -2.38. The Kier molecular flexibility index (Phi) is 8.42. The smallest absolute Gasteiger partial charge is 0.240 e. The number of rotatable bonds is 9. The van der Waals surface area contributed by atoms with E-state index < -0.39 is 30.0 Å². The number of hydrogen-bond acceptors (Lipinski definition) is 6. The van der Waals surface area contributed by atoms with Gasteiger partial charge in [-0.2, -0.15) is 0 Å². The molecule has 2 aliphatic heterocycles. The Morgan fingerprint density at radius 2 is 1.63 bits per heavy atom. The number of carbonyl (C=O) groups excluding carboxylic acids is 3. The Bertz CT molecular complexity index is 624. The van der Waals surface area contributed by atoms with E-state index in [-0.39, 0.29) is 42.2 Å². The topological polar surface area (TPSA) is 110 Å². The number of amides is 2. The first-order valence-corrected chi connectivity index (χ1v) is 11.1. The van der Waals surface area contributed by atoms with Crippen LogP contribution in [-0.4, -0.2) is 88.1 Å². The van der Waals surface area contributed by atoms with Gasteiger partial charge >= 0.3 is 0 Å². The Hall–Kier alpha value is -1.51. The van der Waals surface area contributed by atoms with Gasteiger partial charge in [0.05, 0.1) is 18.2 Å². The van der Waals surface area contributed by atoms with Crippen molar-refractivity contribution in [1.29, 1.82) is 0 Å². The molecule has 8 nitrogen and oxygen atoms in total. The van der Waals surface area contributed by atoms with Gasteiger partial charge in [-0.3, -0.25) is 19.3 Å². The second kappa shape index (κ2) is 10.2. The van der Waals surface area contributed by atoms with Crippen molar-refractivity contribution in [2.45, 2.75) is 96.2 Å². The summed E-state index contributed by atoms with van der Waals surface area (Å²) in [5, 5.41) is 23.7. The largest absolute Gasteiger partial charge is 0.393 e. The molecule has 0 aliphatic carbocycles. The third kappa shape index (κ3) is 5.59. The molecule has 0 saturated carbocycles. The average Bonchev–Trinajstić information content (AvgIpc) is 2.90.